The van der Waals surface area contributed by atoms with Crippen molar-refractivity contribution in [1.29, 1.82) is 0 Å². The lowest BCUT2D eigenvalue weighted by Crippen LogP contribution is -2.50. The fourth-order valence-electron chi connectivity index (χ4n) is 2.84. The van der Waals surface area contributed by atoms with Crippen molar-refractivity contribution in [2.45, 2.75) is 69.6 Å². The molecule has 0 heterocycles. The molecule has 33 heavy (non-hydrogen) atoms. The van der Waals surface area contributed by atoms with Crippen LogP contribution < -0.4 is 9.92 Å². The molecule has 0 aliphatic heterocycles. The van der Waals surface area contributed by atoms with Crippen LogP contribution >= 0.6 is 0 Å². The van der Waals surface area contributed by atoms with E-state index >= 15 is 0 Å². The molecule has 2 rings (SSSR count). The van der Waals surface area contributed by atoms with Gasteiger partial charge in [0.1, 0.15) is 21.8 Å². The Morgan fingerprint density at radius 2 is 1.33 bits per heavy atom. The minimum atomic E-state index is -4.04. The molecule has 180 valence electrons. The van der Waals surface area contributed by atoms with E-state index in [0.717, 1.165) is 0 Å². The summed E-state index contributed by atoms with van der Waals surface area (Å²) in [5, 5.41) is 0. The van der Waals surface area contributed by atoms with Crippen molar-refractivity contribution in [3.63, 3.8) is 0 Å². The second kappa shape index (κ2) is 9.52. The van der Waals surface area contributed by atoms with E-state index in [9.17, 15) is 18.0 Å². The topological polar surface area (TPSA) is 122 Å². The first-order valence-corrected chi connectivity index (χ1v) is 11.8. The first-order chi connectivity index (χ1) is 15.0. The van der Waals surface area contributed by atoms with E-state index < -0.39 is 45.2 Å². The summed E-state index contributed by atoms with van der Waals surface area (Å²) in [5.74, 6) is -1.47. The van der Waals surface area contributed by atoms with Gasteiger partial charge in [-0.15, -0.1) is 0 Å². The third-order valence-corrected chi connectivity index (χ3v) is 5.47. The van der Waals surface area contributed by atoms with Gasteiger partial charge >= 0.3 is 22.1 Å². The molecular formula is C24H31NO7S. The van der Waals surface area contributed by atoms with E-state index in [1.54, 1.807) is 59.7 Å². The van der Waals surface area contributed by atoms with E-state index in [0.29, 0.717) is 0 Å². The molecule has 0 amide bonds. The van der Waals surface area contributed by atoms with E-state index in [2.05, 4.69) is 0 Å². The largest absolute Gasteiger partial charge is 0.460 e. The molecule has 0 aliphatic rings. The highest BCUT2D eigenvalue weighted by molar-refractivity contribution is 7.87. The smallest absolute Gasteiger partial charge is 0.339 e. The lowest BCUT2D eigenvalue weighted by molar-refractivity contribution is -0.169. The van der Waals surface area contributed by atoms with Crippen LogP contribution in [-0.4, -0.2) is 31.6 Å². The summed E-state index contributed by atoms with van der Waals surface area (Å²) in [6.07, 6.45) is -0.471. The molecular weight excluding hydrogens is 446 g/mol. The van der Waals surface area contributed by atoms with Gasteiger partial charge in [0.05, 0.1) is 6.42 Å². The van der Waals surface area contributed by atoms with Crippen molar-refractivity contribution in [3.8, 4) is 5.75 Å². The minimum absolute atomic E-state index is 0.000860. The Morgan fingerprint density at radius 1 is 0.818 bits per heavy atom. The van der Waals surface area contributed by atoms with Gasteiger partial charge < -0.3 is 19.4 Å². The third-order valence-electron chi connectivity index (χ3n) is 4.21. The number of benzene rings is 2. The van der Waals surface area contributed by atoms with Gasteiger partial charge in [-0.25, -0.2) is 4.79 Å². The van der Waals surface area contributed by atoms with Crippen LogP contribution in [-0.2, 0) is 34.7 Å². The zero-order valence-electron chi connectivity index (χ0n) is 19.7. The van der Waals surface area contributed by atoms with Crippen LogP contribution in [0, 0.1) is 0 Å². The Morgan fingerprint density at radius 3 is 1.82 bits per heavy atom. The zero-order valence-corrected chi connectivity index (χ0v) is 20.6. The molecule has 9 heteroatoms. The van der Waals surface area contributed by atoms with Crippen LogP contribution in [0.15, 0.2) is 59.5 Å². The molecule has 1 atom stereocenters. The van der Waals surface area contributed by atoms with Crippen molar-refractivity contribution < 1.29 is 31.7 Å². The first-order valence-electron chi connectivity index (χ1n) is 10.4. The summed E-state index contributed by atoms with van der Waals surface area (Å²) in [6.45, 7) is 10.2. The molecule has 2 aromatic rings. The summed E-state index contributed by atoms with van der Waals surface area (Å²) < 4.78 is 40.9. The van der Waals surface area contributed by atoms with Crippen LogP contribution in [0.4, 0.5) is 0 Å². The maximum absolute atomic E-state index is 13.0. The molecule has 0 spiro atoms. The number of ether oxygens (including phenoxy) is 2. The highest BCUT2D eigenvalue weighted by atomic mass is 32.2. The second-order valence-corrected chi connectivity index (χ2v) is 11.2. The van der Waals surface area contributed by atoms with Crippen LogP contribution in [0.2, 0.25) is 0 Å². The number of nitrogens with two attached hydrogens (primary N) is 1. The van der Waals surface area contributed by atoms with Crippen molar-refractivity contribution in [2.24, 2.45) is 5.73 Å². The van der Waals surface area contributed by atoms with Gasteiger partial charge in [-0.2, -0.15) is 8.42 Å². The molecule has 0 saturated heterocycles. The highest BCUT2D eigenvalue weighted by Crippen LogP contribution is 2.30. The minimum Gasteiger partial charge on any atom is -0.460 e. The molecule has 1 unspecified atom stereocenters. The number of hydrogen-bond acceptors (Lipinski definition) is 8. The molecule has 0 aromatic heterocycles. The van der Waals surface area contributed by atoms with Crippen LogP contribution in [0.5, 0.6) is 5.75 Å². The number of carbonyl (C=O) groups excluding carboxylic acids is 2. The third kappa shape index (κ3) is 7.57. The number of carbonyl (C=O) groups is 2. The van der Waals surface area contributed by atoms with Gasteiger partial charge in [-0.1, -0.05) is 30.3 Å². The standard InChI is InChI=1S/C24H31NO7S/c1-22(2,3)30-20(26)16-24(25,21(27)31-23(4,5)6)17-12-14-18(15-13-17)32-33(28,29)19-10-8-7-9-11-19/h7-15H,16,25H2,1-6H3. The lowest BCUT2D eigenvalue weighted by atomic mass is 9.87. The SMILES string of the molecule is CC(C)(C)OC(=O)CC(N)(C(=O)OC(C)(C)C)c1ccc(OS(=O)(=O)c2ccccc2)cc1. The monoisotopic (exact) mass is 477 g/mol. The molecule has 0 fully saturated rings. The fourth-order valence-corrected chi connectivity index (χ4v) is 3.79. The predicted octanol–water partition coefficient (Wildman–Crippen LogP) is 3.68. The second-order valence-electron chi connectivity index (χ2n) is 9.61. The lowest BCUT2D eigenvalue weighted by Gasteiger charge is -2.32. The van der Waals surface area contributed by atoms with Crippen molar-refractivity contribution in [2.75, 3.05) is 0 Å². The first kappa shape index (κ1) is 26.3. The van der Waals surface area contributed by atoms with Gasteiger partial charge in [0.2, 0.25) is 0 Å². The zero-order chi connectivity index (χ0) is 25.1. The Hall–Kier alpha value is -2.91. The van der Waals surface area contributed by atoms with E-state index in [4.69, 9.17) is 19.4 Å². The molecule has 2 N–H and O–H groups in total. The summed E-state index contributed by atoms with van der Waals surface area (Å²) in [6, 6.07) is 13.2. The Labute approximate surface area is 195 Å². The van der Waals surface area contributed by atoms with Gasteiger partial charge in [0, 0.05) is 0 Å². The van der Waals surface area contributed by atoms with Crippen molar-refractivity contribution in [1.82, 2.24) is 0 Å². The Bertz CT molecular complexity index is 1080. The molecule has 2 aromatic carbocycles. The summed E-state index contributed by atoms with van der Waals surface area (Å²) in [5.41, 5.74) is 3.20. The molecule has 0 radical (unpaired) electrons. The fraction of sp³-hybridized carbons (Fsp3) is 0.417. The normalized spacial score (nSPS) is 14.2. The molecule has 0 saturated carbocycles. The molecule has 8 nitrogen and oxygen atoms in total. The van der Waals surface area contributed by atoms with Gasteiger partial charge in [-0.3, -0.25) is 4.79 Å². The average molecular weight is 478 g/mol. The predicted molar refractivity (Wildman–Crippen MR) is 123 cm³/mol. The van der Waals surface area contributed by atoms with E-state index in [1.807, 2.05) is 0 Å². The van der Waals surface area contributed by atoms with Gasteiger partial charge in [0.25, 0.3) is 0 Å². The van der Waals surface area contributed by atoms with E-state index in [-0.39, 0.29) is 16.2 Å². The van der Waals surface area contributed by atoms with Gasteiger partial charge in [0.15, 0.2) is 5.54 Å². The maximum atomic E-state index is 13.0. The quantitative estimate of drug-likeness (QED) is 0.473. The average Bonchev–Trinajstić information content (AvgIpc) is 2.66. The van der Waals surface area contributed by atoms with Gasteiger partial charge in [-0.05, 0) is 71.4 Å². The Kier molecular flexibility index (Phi) is 7.60. The number of hydrogen-bond donors (Lipinski definition) is 1. The van der Waals surface area contributed by atoms with E-state index in [1.165, 1.54) is 36.4 Å². The number of esters is 2. The molecule has 0 aliphatic carbocycles. The van der Waals surface area contributed by atoms with Crippen molar-refractivity contribution in [3.05, 3.63) is 60.2 Å². The molecule has 0 bridgehead atoms. The van der Waals surface area contributed by atoms with Crippen LogP contribution in [0.25, 0.3) is 0 Å². The highest BCUT2D eigenvalue weighted by Gasteiger charge is 2.43. The van der Waals surface area contributed by atoms with Crippen LogP contribution in [0.3, 0.4) is 0 Å². The summed E-state index contributed by atoms with van der Waals surface area (Å²) in [7, 11) is -4.04. The number of rotatable bonds is 7. The summed E-state index contributed by atoms with van der Waals surface area (Å²) in [4.78, 5) is 25.5. The maximum Gasteiger partial charge on any atom is 0.339 e. The van der Waals surface area contributed by atoms with Crippen molar-refractivity contribution >= 4 is 22.1 Å². The Balaban J connectivity index is 2.35. The summed E-state index contributed by atoms with van der Waals surface area (Å²) >= 11 is 0. The van der Waals surface area contributed by atoms with Crippen LogP contribution in [0.1, 0.15) is 53.5 Å².